The van der Waals surface area contributed by atoms with Crippen LogP contribution in [0.25, 0.3) is 16.9 Å². The molecule has 0 radical (unpaired) electrons. The van der Waals surface area contributed by atoms with E-state index in [1.807, 2.05) is 0 Å². The summed E-state index contributed by atoms with van der Waals surface area (Å²) in [5, 5.41) is 23.3. The molecule has 0 saturated carbocycles. The van der Waals surface area contributed by atoms with Crippen molar-refractivity contribution < 1.29 is 37.7 Å². The Morgan fingerprint density at radius 2 is 1.77 bits per heavy atom. The molecular weight excluding hydrogens is 533 g/mol. The Kier molecular flexibility index (Phi) is 7.08. The molecule has 10 nitrogen and oxygen atoms in total. The van der Waals surface area contributed by atoms with Crippen molar-refractivity contribution in [3.05, 3.63) is 57.9 Å². The number of alkyl halides is 3. The lowest BCUT2D eigenvalue weighted by molar-refractivity contribution is -0.142. The zero-order valence-electron chi connectivity index (χ0n) is 21.7. The standard InChI is InChI=1S/C27H27F3N4O6/c1-39-18-9-15(10-19(12-18)40-2)23-20-5-6-32(7-8-35)24(20)25(36)34(31-23)22-11-17(3-4-21(22)27(28,29)30)33-13-16(14-33)26(37)38/h3-4,9-12,16,35H,5-8,13-14H2,1-2H3,(H,37,38). The molecule has 5 rings (SSSR count). The number of methoxy groups -OCH3 is 2. The number of carbonyl (C=O) groups is 1. The van der Waals surface area contributed by atoms with Gasteiger partial charge in [-0.2, -0.15) is 23.0 Å². The molecule has 212 valence electrons. The second-order valence-corrected chi connectivity index (χ2v) is 9.59. The minimum Gasteiger partial charge on any atom is -0.497 e. The first kappa shape index (κ1) is 27.3. The van der Waals surface area contributed by atoms with Crippen LogP contribution in [0.2, 0.25) is 0 Å². The number of nitrogens with zero attached hydrogens (tertiary/aromatic N) is 4. The Morgan fingerprint density at radius 3 is 2.35 bits per heavy atom. The summed E-state index contributed by atoms with van der Waals surface area (Å²) < 4.78 is 54.2. The fourth-order valence-electron chi connectivity index (χ4n) is 5.13. The summed E-state index contributed by atoms with van der Waals surface area (Å²) in [7, 11) is 2.93. The number of aliphatic carboxylic acids is 1. The van der Waals surface area contributed by atoms with Gasteiger partial charge in [-0.15, -0.1) is 0 Å². The van der Waals surface area contributed by atoms with Crippen LogP contribution in [0.1, 0.15) is 11.1 Å². The number of anilines is 2. The number of aliphatic hydroxyl groups excluding tert-OH is 1. The fraction of sp³-hybridized carbons (Fsp3) is 0.370. The van der Waals surface area contributed by atoms with Crippen molar-refractivity contribution in [1.29, 1.82) is 0 Å². The summed E-state index contributed by atoms with van der Waals surface area (Å²) in [6, 6.07) is 8.29. The number of hydrogen-bond donors (Lipinski definition) is 2. The number of rotatable bonds is 8. The Morgan fingerprint density at radius 1 is 1.10 bits per heavy atom. The molecule has 1 saturated heterocycles. The van der Waals surface area contributed by atoms with Gasteiger partial charge in [0, 0.05) is 49.1 Å². The highest BCUT2D eigenvalue weighted by Crippen LogP contribution is 2.39. The van der Waals surface area contributed by atoms with Gasteiger partial charge in [-0.1, -0.05) is 0 Å². The summed E-state index contributed by atoms with van der Waals surface area (Å²) >= 11 is 0. The maximum atomic E-state index is 14.2. The quantitative estimate of drug-likeness (QED) is 0.429. The van der Waals surface area contributed by atoms with E-state index in [0.29, 0.717) is 41.3 Å². The number of fused-ring (bicyclic) bond motifs is 1. The van der Waals surface area contributed by atoms with Gasteiger partial charge < -0.3 is 29.5 Å². The third kappa shape index (κ3) is 4.81. The van der Waals surface area contributed by atoms with Gasteiger partial charge in [0.15, 0.2) is 0 Å². The van der Waals surface area contributed by atoms with Gasteiger partial charge in [-0.25, -0.2) is 0 Å². The van der Waals surface area contributed by atoms with Crippen molar-refractivity contribution in [3.8, 4) is 28.4 Å². The van der Waals surface area contributed by atoms with Crippen LogP contribution in [0.5, 0.6) is 11.5 Å². The number of halogens is 3. The Balaban J connectivity index is 1.75. The predicted octanol–water partition coefficient (Wildman–Crippen LogP) is 2.81. The van der Waals surface area contributed by atoms with Gasteiger partial charge in [0.05, 0.1) is 43.7 Å². The first-order valence-electron chi connectivity index (χ1n) is 12.5. The maximum absolute atomic E-state index is 14.2. The molecule has 2 aromatic carbocycles. The Labute approximate surface area is 226 Å². The molecule has 40 heavy (non-hydrogen) atoms. The van der Waals surface area contributed by atoms with E-state index in [2.05, 4.69) is 5.10 Å². The third-order valence-electron chi connectivity index (χ3n) is 7.22. The van der Waals surface area contributed by atoms with E-state index in [1.54, 1.807) is 28.0 Å². The van der Waals surface area contributed by atoms with Crippen molar-refractivity contribution in [2.75, 3.05) is 56.8 Å². The normalized spacial score (nSPS) is 15.2. The average Bonchev–Trinajstić information content (AvgIpc) is 3.31. The molecule has 0 aliphatic carbocycles. The SMILES string of the molecule is COc1cc(OC)cc(-c2nn(-c3cc(N4CC(C(=O)O)C4)ccc3C(F)(F)F)c(=O)c3c2CCN3CCO)c1. The minimum absolute atomic E-state index is 0.115. The van der Waals surface area contributed by atoms with Gasteiger partial charge in [0.2, 0.25) is 0 Å². The second-order valence-electron chi connectivity index (χ2n) is 9.59. The molecule has 2 N–H and O–H groups in total. The van der Waals surface area contributed by atoms with Crippen molar-refractivity contribution >= 4 is 17.3 Å². The van der Waals surface area contributed by atoms with E-state index in [4.69, 9.17) is 9.47 Å². The zero-order chi connectivity index (χ0) is 28.8. The first-order valence-corrected chi connectivity index (χ1v) is 12.5. The number of β-amino-alcohol motifs (C(OH)–C–C–N with tert-alkyl or cyclic N) is 1. The van der Waals surface area contributed by atoms with Gasteiger partial charge in [0.1, 0.15) is 17.2 Å². The average molecular weight is 561 g/mol. The summed E-state index contributed by atoms with van der Waals surface area (Å²) in [6.07, 6.45) is -4.42. The smallest absolute Gasteiger partial charge is 0.418 e. The van der Waals surface area contributed by atoms with Crippen LogP contribution >= 0.6 is 0 Å². The van der Waals surface area contributed by atoms with Crippen LogP contribution in [-0.4, -0.2) is 73.0 Å². The third-order valence-corrected chi connectivity index (χ3v) is 7.22. The van der Waals surface area contributed by atoms with E-state index < -0.39 is 34.9 Å². The number of aliphatic hydroxyl groups is 1. The topological polar surface area (TPSA) is 117 Å². The van der Waals surface area contributed by atoms with Crippen LogP contribution in [-0.2, 0) is 17.4 Å². The molecule has 0 spiro atoms. The number of aromatic nitrogens is 2. The number of hydrogen-bond acceptors (Lipinski definition) is 8. The van der Waals surface area contributed by atoms with Crippen LogP contribution in [0, 0.1) is 5.92 Å². The number of ether oxygens (including phenoxy) is 2. The van der Waals surface area contributed by atoms with E-state index >= 15 is 0 Å². The lowest BCUT2D eigenvalue weighted by Crippen LogP contribution is -2.50. The molecule has 13 heteroatoms. The molecule has 1 aromatic heterocycles. The van der Waals surface area contributed by atoms with Crippen LogP contribution in [0.4, 0.5) is 24.5 Å². The molecule has 0 amide bonds. The largest absolute Gasteiger partial charge is 0.497 e. The number of carboxylic acid groups (broad SMARTS) is 1. The molecular formula is C27H27F3N4O6. The Hall–Kier alpha value is -4.26. The highest BCUT2D eigenvalue weighted by Gasteiger charge is 2.38. The van der Waals surface area contributed by atoms with Gasteiger partial charge >= 0.3 is 12.1 Å². The second kappa shape index (κ2) is 10.4. The van der Waals surface area contributed by atoms with Gasteiger partial charge in [-0.05, 0) is 36.8 Å². The van der Waals surface area contributed by atoms with E-state index in [-0.39, 0.29) is 37.6 Å². The summed E-state index contributed by atoms with van der Waals surface area (Å²) in [5.41, 5.74) is -0.508. The van der Waals surface area contributed by atoms with Crippen LogP contribution in [0.15, 0.2) is 41.2 Å². The van der Waals surface area contributed by atoms with Crippen LogP contribution in [0.3, 0.4) is 0 Å². The predicted molar refractivity (Wildman–Crippen MR) is 140 cm³/mol. The van der Waals surface area contributed by atoms with Crippen molar-refractivity contribution in [2.24, 2.45) is 5.92 Å². The molecule has 2 aliphatic heterocycles. The molecule has 3 heterocycles. The van der Waals surface area contributed by atoms with Crippen molar-refractivity contribution in [1.82, 2.24) is 9.78 Å². The van der Waals surface area contributed by atoms with E-state index in [1.165, 1.54) is 26.4 Å². The molecule has 0 unspecified atom stereocenters. The Bertz CT molecular complexity index is 1500. The number of carboxylic acids is 1. The summed E-state index contributed by atoms with van der Waals surface area (Å²) in [4.78, 5) is 28.4. The van der Waals surface area contributed by atoms with E-state index in [9.17, 15) is 33.0 Å². The molecule has 0 bridgehead atoms. The highest BCUT2D eigenvalue weighted by atomic mass is 19.4. The van der Waals surface area contributed by atoms with Crippen molar-refractivity contribution in [2.45, 2.75) is 12.6 Å². The van der Waals surface area contributed by atoms with Gasteiger partial charge in [0.25, 0.3) is 5.56 Å². The zero-order valence-corrected chi connectivity index (χ0v) is 21.7. The lowest BCUT2D eigenvalue weighted by atomic mass is 9.99. The first-order chi connectivity index (χ1) is 19.0. The highest BCUT2D eigenvalue weighted by molar-refractivity contribution is 5.76. The lowest BCUT2D eigenvalue weighted by Gasteiger charge is -2.39. The van der Waals surface area contributed by atoms with Gasteiger partial charge in [-0.3, -0.25) is 9.59 Å². The molecule has 3 aromatic rings. The minimum atomic E-state index is -4.81. The van der Waals surface area contributed by atoms with Crippen molar-refractivity contribution in [3.63, 3.8) is 0 Å². The maximum Gasteiger partial charge on any atom is 0.418 e. The summed E-state index contributed by atoms with van der Waals surface area (Å²) in [5.74, 6) is -0.760. The van der Waals surface area contributed by atoms with E-state index in [0.717, 1.165) is 10.7 Å². The molecule has 0 atom stereocenters. The monoisotopic (exact) mass is 560 g/mol. The summed E-state index contributed by atoms with van der Waals surface area (Å²) in [6.45, 7) is 0.495. The fourth-order valence-corrected chi connectivity index (χ4v) is 5.13. The molecule has 1 fully saturated rings. The number of benzene rings is 2. The van der Waals surface area contributed by atoms with Crippen LogP contribution < -0.4 is 24.8 Å². The molecule has 2 aliphatic rings.